The van der Waals surface area contributed by atoms with Gasteiger partial charge >= 0.3 is 0 Å². The molecule has 0 radical (unpaired) electrons. The predicted molar refractivity (Wildman–Crippen MR) is 132 cm³/mol. The van der Waals surface area contributed by atoms with Crippen molar-refractivity contribution in [1.29, 1.82) is 0 Å². The molecule has 1 unspecified atom stereocenters. The van der Waals surface area contributed by atoms with Gasteiger partial charge in [-0.25, -0.2) is 4.68 Å². The molecule has 4 aromatic rings. The summed E-state index contributed by atoms with van der Waals surface area (Å²) in [4.78, 5) is 19.6. The summed E-state index contributed by atoms with van der Waals surface area (Å²) >= 11 is 1.69. The van der Waals surface area contributed by atoms with Crippen LogP contribution in [-0.2, 0) is 24.4 Å². The lowest BCUT2D eigenvalue weighted by atomic mass is 10.1. The Morgan fingerprint density at radius 3 is 2.80 bits per heavy atom. The molecule has 1 aliphatic rings. The van der Waals surface area contributed by atoms with Crippen LogP contribution in [0.1, 0.15) is 35.7 Å². The topological polar surface area (TPSA) is 107 Å². The zero-order valence-electron chi connectivity index (χ0n) is 19.8. The second-order valence-electron chi connectivity index (χ2n) is 8.37. The minimum Gasteiger partial charge on any atom is -0.486 e. The van der Waals surface area contributed by atoms with E-state index in [2.05, 4.69) is 43.8 Å². The molecule has 0 aliphatic carbocycles. The molecule has 0 bridgehead atoms. The van der Waals surface area contributed by atoms with Gasteiger partial charge in [0, 0.05) is 42.1 Å². The van der Waals surface area contributed by atoms with Crippen LogP contribution in [0.15, 0.2) is 40.5 Å². The summed E-state index contributed by atoms with van der Waals surface area (Å²) in [5.41, 5.74) is 1.27. The lowest BCUT2D eigenvalue weighted by molar-refractivity contribution is 0.152. The molecule has 3 aromatic heterocycles. The Morgan fingerprint density at radius 1 is 1.23 bits per heavy atom. The van der Waals surface area contributed by atoms with Crippen LogP contribution in [0.3, 0.4) is 0 Å². The van der Waals surface area contributed by atoms with Gasteiger partial charge in [0.05, 0.1) is 24.7 Å². The number of methoxy groups -OCH3 is 1. The molecule has 10 nitrogen and oxygen atoms in total. The maximum atomic E-state index is 13.1. The highest BCUT2D eigenvalue weighted by Gasteiger charge is 2.26. The van der Waals surface area contributed by atoms with Gasteiger partial charge < -0.3 is 19.2 Å². The van der Waals surface area contributed by atoms with Crippen LogP contribution in [0, 0.1) is 0 Å². The number of nitrogens with one attached hydrogen (secondary N) is 1. The number of tetrazole rings is 1. The van der Waals surface area contributed by atoms with E-state index in [1.807, 2.05) is 24.3 Å². The smallest absolute Gasteiger partial charge is 0.252 e. The SMILES string of the molecule is CCC(c1nnnn1CCOC)N(Cc1cccs1)Cc1cc2cc3c(cc2[nH]c1=O)OCCO3. The van der Waals surface area contributed by atoms with Gasteiger partial charge in [0.1, 0.15) is 13.2 Å². The number of benzene rings is 1. The van der Waals surface area contributed by atoms with Crippen molar-refractivity contribution in [3.63, 3.8) is 0 Å². The Labute approximate surface area is 206 Å². The van der Waals surface area contributed by atoms with Gasteiger partial charge in [0.2, 0.25) is 0 Å². The summed E-state index contributed by atoms with van der Waals surface area (Å²) in [6.45, 7) is 5.31. The average Bonchev–Trinajstić information content (AvgIpc) is 3.55. The number of pyridine rings is 1. The average molecular weight is 497 g/mol. The normalized spacial score (nSPS) is 14.0. The van der Waals surface area contributed by atoms with Crippen LogP contribution in [0.4, 0.5) is 0 Å². The van der Waals surface area contributed by atoms with E-state index in [0.29, 0.717) is 56.5 Å². The van der Waals surface area contributed by atoms with Crippen molar-refractivity contribution in [2.24, 2.45) is 0 Å². The van der Waals surface area contributed by atoms with Crippen molar-refractivity contribution >= 4 is 22.2 Å². The third-order valence-corrected chi connectivity index (χ3v) is 6.95. The lowest BCUT2D eigenvalue weighted by Gasteiger charge is -2.30. The summed E-state index contributed by atoms with van der Waals surface area (Å²) in [6.07, 6.45) is 0.781. The zero-order chi connectivity index (χ0) is 24.2. The summed E-state index contributed by atoms with van der Waals surface area (Å²) in [5, 5.41) is 15.4. The molecule has 0 fully saturated rings. The Morgan fingerprint density at radius 2 is 2.06 bits per heavy atom. The largest absolute Gasteiger partial charge is 0.486 e. The van der Waals surface area contributed by atoms with Crippen molar-refractivity contribution in [3.05, 3.63) is 62.3 Å². The zero-order valence-corrected chi connectivity index (χ0v) is 20.6. The van der Waals surface area contributed by atoms with Gasteiger partial charge in [-0.3, -0.25) is 9.69 Å². The molecule has 4 heterocycles. The maximum Gasteiger partial charge on any atom is 0.252 e. The Hall–Kier alpha value is -3.28. The monoisotopic (exact) mass is 496 g/mol. The molecule has 5 rings (SSSR count). The number of fused-ring (bicyclic) bond motifs is 2. The second kappa shape index (κ2) is 10.5. The van der Waals surface area contributed by atoms with Crippen LogP contribution < -0.4 is 15.0 Å². The fourth-order valence-electron chi connectivity index (χ4n) is 4.39. The number of H-pyrrole nitrogens is 1. The van der Waals surface area contributed by atoms with Gasteiger partial charge in [0.25, 0.3) is 5.56 Å². The van der Waals surface area contributed by atoms with E-state index < -0.39 is 0 Å². The van der Waals surface area contributed by atoms with Crippen LogP contribution in [0.5, 0.6) is 11.5 Å². The van der Waals surface area contributed by atoms with Gasteiger partial charge in [-0.05, 0) is 40.4 Å². The highest BCUT2D eigenvalue weighted by atomic mass is 32.1. The third-order valence-electron chi connectivity index (χ3n) is 6.09. The first-order valence-corrected chi connectivity index (χ1v) is 12.5. The lowest BCUT2D eigenvalue weighted by Crippen LogP contribution is -2.32. The maximum absolute atomic E-state index is 13.1. The number of nitrogens with zero attached hydrogens (tertiary/aromatic N) is 5. The summed E-state index contributed by atoms with van der Waals surface area (Å²) in [7, 11) is 1.66. The predicted octanol–water partition coefficient (Wildman–Crippen LogP) is 3.15. The molecule has 0 saturated heterocycles. The third kappa shape index (κ3) is 5.07. The van der Waals surface area contributed by atoms with Crippen LogP contribution in [0.2, 0.25) is 0 Å². The number of aromatic amines is 1. The van der Waals surface area contributed by atoms with Gasteiger partial charge in [-0.1, -0.05) is 13.0 Å². The molecular weight excluding hydrogens is 468 g/mol. The summed E-state index contributed by atoms with van der Waals surface area (Å²) in [6, 6.07) is 9.75. The molecule has 1 aliphatic heterocycles. The number of thiophene rings is 1. The molecule has 184 valence electrons. The molecule has 35 heavy (non-hydrogen) atoms. The molecule has 0 saturated carbocycles. The molecule has 0 amide bonds. The van der Waals surface area contributed by atoms with Gasteiger partial charge in [-0.2, -0.15) is 0 Å². The molecule has 1 aromatic carbocycles. The number of hydrogen-bond donors (Lipinski definition) is 1. The molecule has 1 atom stereocenters. The number of rotatable bonds is 10. The van der Waals surface area contributed by atoms with Crippen molar-refractivity contribution in [2.75, 3.05) is 26.9 Å². The number of ether oxygens (including phenoxy) is 3. The molecule has 1 N–H and O–H groups in total. The van der Waals surface area contributed by atoms with Crippen molar-refractivity contribution < 1.29 is 14.2 Å². The highest BCUT2D eigenvalue weighted by Crippen LogP contribution is 2.34. The van der Waals surface area contributed by atoms with E-state index in [-0.39, 0.29) is 11.6 Å². The number of aromatic nitrogens is 5. The fourth-order valence-corrected chi connectivity index (χ4v) is 5.12. The summed E-state index contributed by atoms with van der Waals surface area (Å²) < 4.78 is 18.4. The van der Waals surface area contributed by atoms with E-state index >= 15 is 0 Å². The van der Waals surface area contributed by atoms with Crippen LogP contribution in [-0.4, -0.2) is 57.0 Å². The Bertz CT molecular complexity index is 1340. The first-order valence-electron chi connectivity index (χ1n) is 11.6. The van der Waals surface area contributed by atoms with Gasteiger partial charge in [0.15, 0.2) is 17.3 Å². The molecule has 11 heteroatoms. The van der Waals surface area contributed by atoms with Gasteiger partial charge in [-0.15, -0.1) is 16.4 Å². The highest BCUT2D eigenvalue weighted by molar-refractivity contribution is 7.09. The van der Waals surface area contributed by atoms with Crippen molar-refractivity contribution in [3.8, 4) is 11.5 Å². The van der Waals surface area contributed by atoms with Crippen LogP contribution in [0.25, 0.3) is 10.9 Å². The van der Waals surface area contributed by atoms with E-state index in [0.717, 1.165) is 23.1 Å². The van der Waals surface area contributed by atoms with Crippen molar-refractivity contribution in [1.82, 2.24) is 30.1 Å². The van der Waals surface area contributed by atoms with E-state index in [1.165, 1.54) is 4.88 Å². The Kier molecular flexibility index (Phi) is 7.07. The first kappa shape index (κ1) is 23.5. The molecule has 0 spiro atoms. The minimum atomic E-state index is -0.126. The fraction of sp³-hybridized carbons (Fsp3) is 0.417. The second-order valence-corrected chi connectivity index (χ2v) is 9.40. The Balaban J connectivity index is 1.50. The van der Waals surface area contributed by atoms with E-state index in [9.17, 15) is 4.79 Å². The first-order chi connectivity index (χ1) is 17.2. The van der Waals surface area contributed by atoms with Crippen LogP contribution >= 0.6 is 11.3 Å². The van der Waals surface area contributed by atoms with Crippen molar-refractivity contribution in [2.45, 2.75) is 39.0 Å². The van der Waals surface area contributed by atoms with E-state index in [1.54, 1.807) is 23.1 Å². The standard InChI is InChI=1S/C24H28N6O4S/c1-3-20(23-26-27-28-30(23)6-7-32-2)29(15-18-5-4-10-35-18)14-17-11-16-12-21-22(34-9-8-33-21)13-19(16)25-24(17)31/h4-5,10-13,20H,3,6-9,14-15H2,1-2H3,(H,25,31). The van der Waals surface area contributed by atoms with E-state index in [4.69, 9.17) is 14.2 Å². The summed E-state index contributed by atoms with van der Waals surface area (Å²) in [5.74, 6) is 2.11. The quantitative estimate of drug-likeness (QED) is 0.357. The molecular formula is C24H28N6O4S. The minimum absolute atomic E-state index is 0.0840. The number of hydrogen-bond acceptors (Lipinski definition) is 9.